The molecule has 0 aliphatic heterocycles. The zero-order valence-corrected chi connectivity index (χ0v) is 9.82. The number of benzene rings is 1. The third-order valence-electron chi connectivity index (χ3n) is 2.40. The first kappa shape index (κ1) is 12.5. The molecule has 7 nitrogen and oxygen atoms in total. The first-order valence-electron chi connectivity index (χ1n) is 5.33. The van der Waals surface area contributed by atoms with Gasteiger partial charge in [-0.25, -0.2) is 9.78 Å². The number of rotatable bonds is 3. The van der Waals surface area contributed by atoms with Crippen LogP contribution in [0.2, 0.25) is 0 Å². The van der Waals surface area contributed by atoms with Crippen molar-refractivity contribution in [1.29, 1.82) is 0 Å². The van der Waals surface area contributed by atoms with Gasteiger partial charge in [0.1, 0.15) is 5.69 Å². The van der Waals surface area contributed by atoms with E-state index in [1.54, 1.807) is 24.4 Å². The minimum atomic E-state index is -1.14. The van der Waals surface area contributed by atoms with Crippen LogP contribution in [0, 0.1) is 0 Å². The summed E-state index contributed by atoms with van der Waals surface area (Å²) < 4.78 is 0. The topological polar surface area (TPSA) is 127 Å². The number of nitrogens with two attached hydrogens (primary N) is 2. The number of aromatic nitrogens is 1. The van der Waals surface area contributed by atoms with E-state index in [1.165, 1.54) is 12.1 Å². The Morgan fingerprint density at radius 1 is 1.11 bits per heavy atom. The molecular weight excluding hydrogens is 246 g/mol. The van der Waals surface area contributed by atoms with Gasteiger partial charge in [0, 0.05) is 6.20 Å². The molecular formula is C12H11N5O2. The molecule has 1 heterocycles. The summed E-state index contributed by atoms with van der Waals surface area (Å²) in [4.78, 5) is 14.8. The van der Waals surface area contributed by atoms with E-state index in [-0.39, 0.29) is 16.9 Å². The SMILES string of the molecule is Nc1c(N=Nc2ccccn2)ccc(C(=O)O)c1N. The second kappa shape index (κ2) is 5.13. The molecule has 0 fully saturated rings. The van der Waals surface area contributed by atoms with Crippen LogP contribution in [0.1, 0.15) is 10.4 Å². The number of azo groups is 1. The van der Waals surface area contributed by atoms with E-state index in [2.05, 4.69) is 15.2 Å². The second-order valence-electron chi connectivity index (χ2n) is 3.65. The average Bonchev–Trinajstić information content (AvgIpc) is 2.41. The van der Waals surface area contributed by atoms with E-state index in [9.17, 15) is 4.79 Å². The van der Waals surface area contributed by atoms with Crippen LogP contribution in [0.15, 0.2) is 46.8 Å². The molecule has 0 aliphatic rings. The minimum Gasteiger partial charge on any atom is -0.478 e. The van der Waals surface area contributed by atoms with Gasteiger partial charge in [-0.15, -0.1) is 10.2 Å². The Morgan fingerprint density at radius 2 is 1.89 bits per heavy atom. The molecule has 0 aliphatic carbocycles. The highest BCUT2D eigenvalue weighted by Crippen LogP contribution is 2.31. The number of carboxylic acids is 1. The van der Waals surface area contributed by atoms with Crippen LogP contribution in [-0.4, -0.2) is 16.1 Å². The van der Waals surface area contributed by atoms with Crippen molar-refractivity contribution in [2.75, 3.05) is 11.5 Å². The lowest BCUT2D eigenvalue weighted by molar-refractivity contribution is 0.0698. The van der Waals surface area contributed by atoms with Crippen LogP contribution in [0.25, 0.3) is 0 Å². The van der Waals surface area contributed by atoms with Gasteiger partial charge in [0.25, 0.3) is 0 Å². The van der Waals surface area contributed by atoms with E-state index in [1.807, 2.05) is 0 Å². The maximum Gasteiger partial charge on any atom is 0.337 e. The molecule has 0 bridgehead atoms. The van der Waals surface area contributed by atoms with Gasteiger partial charge in [0.05, 0.1) is 16.9 Å². The Labute approximate surface area is 108 Å². The van der Waals surface area contributed by atoms with Gasteiger partial charge in [-0.3, -0.25) is 0 Å². The van der Waals surface area contributed by atoms with E-state index in [0.717, 1.165) is 0 Å². The normalized spacial score (nSPS) is 10.7. The highest BCUT2D eigenvalue weighted by Gasteiger charge is 2.12. The third kappa shape index (κ3) is 2.65. The molecule has 0 radical (unpaired) electrons. The van der Waals surface area contributed by atoms with Crippen LogP contribution >= 0.6 is 0 Å². The Balaban J connectivity index is 2.35. The molecule has 7 heteroatoms. The molecule has 1 aromatic heterocycles. The van der Waals surface area contributed by atoms with Crippen LogP contribution in [-0.2, 0) is 0 Å². The molecule has 0 saturated carbocycles. The van der Waals surface area contributed by atoms with Crippen molar-refractivity contribution in [2.45, 2.75) is 0 Å². The van der Waals surface area contributed by atoms with Gasteiger partial charge in [-0.1, -0.05) is 6.07 Å². The standard InChI is InChI=1S/C12H11N5O2/c13-10-7(12(18)19)4-5-8(11(10)14)16-17-9-3-1-2-6-15-9/h1-6H,13-14H2,(H,18,19). The fourth-order valence-electron chi connectivity index (χ4n) is 1.42. The Kier molecular flexibility index (Phi) is 3.37. The Hall–Kier alpha value is -2.96. The van der Waals surface area contributed by atoms with Crippen molar-refractivity contribution in [2.24, 2.45) is 10.2 Å². The molecule has 19 heavy (non-hydrogen) atoms. The van der Waals surface area contributed by atoms with Gasteiger partial charge in [0.15, 0.2) is 5.82 Å². The van der Waals surface area contributed by atoms with Crippen molar-refractivity contribution >= 4 is 28.8 Å². The smallest absolute Gasteiger partial charge is 0.337 e. The fraction of sp³-hybridized carbons (Fsp3) is 0. The first-order valence-corrected chi connectivity index (χ1v) is 5.33. The summed E-state index contributed by atoms with van der Waals surface area (Å²) in [6.07, 6.45) is 1.58. The zero-order chi connectivity index (χ0) is 13.8. The van der Waals surface area contributed by atoms with Crippen LogP contribution < -0.4 is 11.5 Å². The predicted octanol–water partition coefficient (Wildman–Crippen LogP) is 2.36. The number of nitrogen functional groups attached to an aromatic ring is 2. The van der Waals surface area contributed by atoms with Crippen LogP contribution in [0.5, 0.6) is 0 Å². The number of carbonyl (C=O) groups is 1. The number of anilines is 2. The summed E-state index contributed by atoms with van der Waals surface area (Å²) in [6, 6.07) is 7.98. The summed E-state index contributed by atoms with van der Waals surface area (Å²) in [6.45, 7) is 0. The highest BCUT2D eigenvalue weighted by molar-refractivity contribution is 5.99. The van der Waals surface area contributed by atoms with Crippen molar-refractivity contribution in [3.05, 3.63) is 42.1 Å². The van der Waals surface area contributed by atoms with E-state index >= 15 is 0 Å². The largest absolute Gasteiger partial charge is 0.478 e. The fourth-order valence-corrected chi connectivity index (χ4v) is 1.42. The summed E-state index contributed by atoms with van der Waals surface area (Å²) in [5.74, 6) is -0.722. The number of hydrogen-bond acceptors (Lipinski definition) is 6. The molecule has 2 aromatic rings. The molecule has 0 atom stereocenters. The van der Waals surface area contributed by atoms with Crippen molar-refractivity contribution in [1.82, 2.24) is 4.98 Å². The lowest BCUT2D eigenvalue weighted by Gasteiger charge is -2.06. The monoisotopic (exact) mass is 257 g/mol. The van der Waals surface area contributed by atoms with Gasteiger partial charge in [0.2, 0.25) is 0 Å². The van der Waals surface area contributed by atoms with Crippen LogP contribution in [0.3, 0.4) is 0 Å². The summed E-state index contributed by atoms with van der Waals surface area (Å²) in [5.41, 5.74) is 11.7. The van der Waals surface area contributed by atoms with Gasteiger partial charge in [-0.05, 0) is 24.3 Å². The lowest BCUT2D eigenvalue weighted by atomic mass is 10.1. The van der Waals surface area contributed by atoms with E-state index < -0.39 is 5.97 Å². The van der Waals surface area contributed by atoms with Crippen molar-refractivity contribution in [3.63, 3.8) is 0 Å². The number of nitrogens with zero attached hydrogens (tertiary/aromatic N) is 3. The van der Waals surface area contributed by atoms with Crippen molar-refractivity contribution < 1.29 is 9.90 Å². The molecule has 0 saturated heterocycles. The molecule has 0 amide bonds. The molecule has 1 aromatic carbocycles. The Morgan fingerprint density at radius 3 is 2.53 bits per heavy atom. The summed E-state index contributed by atoms with van der Waals surface area (Å²) in [7, 11) is 0. The van der Waals surface area contributed by atoms with Gasteiger partial charge >= 0.3 is 5.97 Å². The van der Waals surface area contributed by atoms with E-state index in [4.69, 9.17) is 16.6 Å². The minimum absolute atomic E-state index is 0.0232. The third-order valence-corrected chi connectivity index (χ3v) is 2.40. The second-order valence-corrected chi connectivity index (χ2v) is 3.65. The molecule has 0 unspecified atom stereocenters. The molecule has 0 spiro atoms. The quantitative estimate of drug-likeness (QED) is 0.574. The number of pyridine rings is 1. The van der Waals surface area contributed by atoms with E-state index in [0.29, 0.717) is 11.5 Å². The predicted molar refractivity (Wildman–Crippen MR) is 70.6 cm³/mol. The summed E-state index contributed by atoms with van der Waals surface area (Å²) in [5, 5.41) is 16.7. The number of hydrogen-bond donors (Lipinski definition) is 3. The van der Waals surface area contributed by atoms with Gasteiger partial charge in [-0.2, -0.15) is 0 Å². The molecule has 96 valence electrons. The number of aromatic carboxylic acids is 1. The first-order chi connectivity index (χ1) is 9.09. The molecule has 5 N–H and O–H groups in total. The number of carboxylic acid groups (broad SMARTS) is 1. The maximum absolute atomic E-state index is 10.9. The highest BCUT2D eigenvalue weighted by atomic mass is 16.4. The van der Waals surface area contributed by atoms with Gasteiger partial charge < -0.3 is 16.6 Å². The molecule has 2 rings (SSSR count). The van der Waals surface area contributed by atoms with Crippen LogP contribution in [0.4, 0.5) is 22.9 Å². The average molecular weight is 257 g/mol. The maximum atomic E-state index is 10.9. The summed E-state index contributed by atoms with van der Waals surface area (Å²) >= 11 is 0. The van der Waals surface area contributed by atoms with Crippen molar-refractivity contribution in [3.8, 4) is 0 Å². The zero-order valence-electron chi connectivity index (χ0n) is 9.82. The lowest BCUT2D eigenvalue weighted by Crippen LogP contribution is -2.05. The Bertz CT molecular complexity index is 640.